The number of phenols is 1. The van der Waals surface area contributed by atoms with Gasteiger partial charge in [0, 0.05) is 90.3 Å². The first-order valence-electron chi connectivity index (χ1n) is 32.7. The zero-order valence-electron chi connectivity index (χ0n) is 55.1. The molecule has 0 spiro atoms. The standard InChI is InChI=1S/C67H90N14O15S2/c1-5-36(4)58(54(83)29-38(59(70)88)18-22-55(69)84)80-64(93)50(28-40-31-72-46-14-9-7-12-43(40)46)76-65(94)51-33-97-98-34-52(79-62(91)47(21-23-57(86)87)75-60(89)44(68)27-39-30-71-45-13-8-6-11-42(39)45)67(96)81-24-10-15-53(81)66(95)77-49(26-37-16-19-41(82)20-17-37)61(90)73-32-56(85)74-48(25-35(2)3)63(92)78-51/h6-9,11-14,16-17,19-20,30-31,35-36,38,44,47-53,58-59,71-72,82,88H,5,10,15,18,21-29,32-34,68,70H2,1-4H3,(H2,69,84)(H,73,90)(H,74,85)(H,75,89)(H,76,94)(H,77,95)(H,78,92)(H,79,91)(H,80,93)(H,86,87)/t36?,38-,44+,47+,48+,49+,50+,51+,52+,53+,58+,59+/m1/s1. The van der Waals surface area contributed by atoms with Gasteiger partial charge in [0.1, 0.15) is 54.3 Å². The van der Waals surface area contributed by atoms with E-state index in [9.17, 15) is 63.3 Å². The van der Waals surface area contributed by atoms with E-state index in [-0.39, 0.29) is 87.5 Å². The van der Waals surface area contributed by atoms with E-state index in [2.05, 4.69) is 52.5 Å². The van der Waals surface area contributed by atoms with E-state index in [4.69, 9.17) is 17.2 Å². The Morgan fingerprint density at radius 2 is 1.36 bits per heavy atom. The predicted octanol–water partition coefficient (Wildman–Crippen LogP) is 0.681. The van der Waals surface area contributed by atoms with Crippen molar-refractivity contribution in [2.24, 2.45) is 35.0 Å². The van der Waals surface area contributed by atoms with E-state index in [1.165, 1.54) is 29.2 Å². The number of aromatic nitrogens is 2. The summed E-state index contributed by atoms with van der Waals surface area (Å²) in [5.41, 5.74) is 20.9. The number of para-hydroxylation sites is 2. The molecule has 12 atom stereocenters. The average Bonchev–Trinajstić information content (AvgIpc) is 1.62. The molecule has 31 heteroatoms. The molecule has 2 aliphatic heterocycles. The molecule has 5 aromatic rings. The highest BCUT2D eigenvalue weighted by Gasteiger charge is 2.41. The highest BCUT2D eigenvalue weighted by molar-refractivity contribution is 8.76. The van der Waals surface area contributed by atoms with Crippen LogP contribution in [0, 0.1) is 17.8 Å². The number of hydrogen-bond donors (Lipinski definition) is 16. The molecule has 98 heavy (non-hydrogen) atoms. The average molecular weight is 1400 g/mol. The number of aliphatic hydroxyl groups excluding tert-OH is 1. The van der Waals surface area contributed by atoms with Crippen LogP contribution in [0.1, 0.15) is 102 Å². The van der Waals surface area contributed by atoms with Crippen LogP contribution in [0.3, 0.4) is 0 Å². The minimum atomic E-state index is -1.57. The highest BCUT2D eigenvalue weighted by Crippen LogP contribution is 2.28. The number of amides is 10. The van der Waals surface area contributed by atoms with Crippen molar-refractivity contribution in [3.63, 3.8) is 0 Å². The number of aliphatic carboxylic acids is 1. The summed E-state index contributed by atoms with van der Waals surface area (Å²) in [5.74, 6) is -12.6. The van der Waals surface area contributed by atoms with Gasteiger partial charge in [0.2, 0.25) is 59.1 Å². The fourth-order valence-corrected chi connectivity index (χ4v) is 14.1. The second-order valence-electron chi connectivity index (χ2n) is 25.4. The van der Waals surface area contributed by atoms with E-state index in [1.807, 2.05) is 24.3 Å². The first-order valence-corrected chi connectivity index (χ1v) is 35.2. The lowest BCUT2D eigenvalue weighted by Gasteiger charge is -2.31. The smallest absolute Gasteiger partial charge is 0.303 e. The first-order chi connectivity index (χ1) is 46.7. The van der Waals surface area contributed by atoms with E-state index in [0.29, 0.717) is 34.0 Å². The number of fused-ring (bicyclic) bond motifs is 3. The second-order valence-corrected chi connectivity index (χ2v) is 27.9. The van der Waals surface area contributed by atoms with Gasteiger partial charge in [0.15, 0.2) is 5.78 Å². The van der Waals surface area contributed by atoms with Crippen molar-refractivity contribution in [3.05, 3.63) is 102 Å². The van der Waals surface area contributed by atoms with Crippen LogP contribution in [0.25, 0.3) is 21.8 Å². The van der Waals surface area contributed by atoms with E-state index in [0.717, 1.165) is 32.5 Å². The number of nitrogens with zero attached hydrogens (tertiary/aromatic N) is 1. The molecule has 29 nitrogen and oxygen atoms in total. The summed E-state index contributed by atoms with van der Waals surface area (Å²) in [7, 11) is 1.89. The number of nitrogens with one attached hydrogen (secondary N) is 10. The molecular weight excluding hydrogens is 1300 g/mol. The number of carboxylic acids is 1. The number of ketones is 1. The minimum Gasteiger partial charge on any atom is -0.508 e. The number of benzene rings is 3. The minimum absolute atomic E-state index is 0.00774. The number of carbonyl (C=O) groups excluding carboxylic acids is 11. The maximum absolute atomic E-state index is 15.2. The van der Waals surface area contributed by atoms with E-state index >= 15 is 9.59 Å². The summed E-state index contributed by atoms with van der Waals surface area (Å²) in [6.45, 7) is 6.36. The molecule has 2 fully saturated rings. The number of aromatic hydroxyl groups is 1. The maximum atomic E-state index is 15.2. The van der Waals surface area contributed by atoms with Crippen molar-refractivity contribution in [2.75, 3.05) is 24.6 Å². The lowest BCUT2D eigenvalue weighted by molar-refractivity contribution is -0.142. The summed E-state index contributed by atoms with van der Waals surface area (Å²) < 4.78 is 0. The lowest BCUT2D eigenvalue weighted by atomic mass is 9.87. The third-order valence-corrected chi connectivity index (χ3v) is 19.9. The molecule has 0 aliphatic carbocycles. The zero-order chi connectivity index (χ0) is 71.3. The molecule has 0 radical (unpaired) electrons. The van der Waals surface area contributed by atoms with E-state index in [1.54, 1.807) is 64.4 Å². The Kier molecular flexibility index (Phi) is 28.4. The Morgan fingerprint density at radius 1 is 0.714 bits per heavy atom. The SMILES string of the molecule is CCC(C)[C@H](NC(=O)[C@H](Cc1c[nH]c2ccccc12)NC(=O)[C@@H]1CSSC[C@H](NC(=O)[C@H](CCC(=O)O)NC(=O)[C@@H](N)Cc2c[nH]c3ccccc23)C(=O)N2CCC[C@H]2C(=O)N[C@@H](Cc2ccc(O)cc2)C(=O)NCC(=O)N[C@@H](CC(C)C)C(=O)N1)C(=O)C[C@@H](CCC(N)=O)[C@@H](N)O. The Balaban J connectivity index is 1.23. The number of Topliss-reactive ketones (excluding diaryl/α,β-unsaturated/α-hetero) is 1. The molecule has 2 saturated heterocycles. The molecule has 7 rings (SSSR count). The van der Waals surface area contributed by atoms with Crippen LogP contribution in [-0.4, -0.2) is 186 Å². The monoisotopic (exact) mass is 1390 g/mol. The van der Waals surface area contributed by atoms with Crippen LogP contribution in [-0.2, 0) is 76.8 Å². The number of rotatable bonds is 28. The number of nitrogens with two attached hydrogens (primary N) is 3. The van der Waals surface area contributed by atoms with Gasteiger partial charge in [0.25, 0.3) is 0 Å². The van der Waals surface area contributed by atoms with Gasteiger partial charge < -0.3 is 89.9 Å². The Labute approximate surface area is 574 Å². The number of primary amides is 1. The third-order valence-electron chi connectivity index (χ3n) is 17.5. The van der Waals surface area contributed by atoms with Gasteiger partial charge in [-0.25, -0.2) is 0 Å². The summed E-state index contributed by atoms with van der Waals surface area (Å²) >= 11 is 0. The van der Waals surface area contributed by atoms with Crippen LogP contribution in [0.15, 0.2) is 85.2 Å². The number of hydrogen-bond acceptors (Lipinski definition) is 18. The van der Waals surface area contributed by atoms with Crippen molar-refractivity contribution in [1.82, 2.24) is 57.4 Å². The van der Waals surface area contributed by atoms with Gasteiger partial charge in [-0.1, -0.05) is 104 Å². The number of carbonyl (C=O) groups is 12. The van der Waals surface area contributed by atoms with Crippen molar-refractivity contribution < 1.29 is 72.9 Å². The molecule has 2 aromatic heterocycles. The van der Waals surface area contributed by atoms with Crippen LogP contribution < -0.4 is 59.7 Å². The molecule has 3 aromatic carbocycles. The van der Waals surface area contributed by atoms with Crippen molar-refractivity contribution in [2.45, 2.75) is 165 Å². The number of aromatic amines is 2. The molecule has 2 aliphatic rings. The van der Waals surface area contributed by atoms with Gasteiger partial charge in [0.05, 0.1) is 18.6 Å². The lowest BCUT2D eigenvalue weighted by Crippen LogP contribution is -2.60. The summed E-state index contributed by atoms with van der Waals surface area (Å²) in [5, 5.41) is 53.4. The summed E-state index contributed by atoms with van der Waals surface area (Å²) in [6, 6.07) is 7.73. The Hall–Kier alpha value is -9.04. The van der Waals surface area contributed by atoms with Crippen LogP contribution in [0.2, 0.25) is 0 Å². The normalized spacial score (nSPS) is 20.6. The van der Waals surface area contributed by atoms with Crippen molar-refractivity contribution >= 4 is 114 Å². The molecule has 1 unspecified atom stereocenters. The second kappa shape index (κ2) is 36.5. The highest BCUT2D eigenvalue weighted by atomic mass is 33.1. The van der Waals surface area contributed by atoms with Gasteiger partial charge in [-0.3, -0.25) is 57.5 Å². The fraction of sp³-hybridized carbons (Fsp3) is 0.493. The number of phenolic OH excluding ortho intramolecular Hbond substituents is 1. The molecule has 4 heterocycles. The summed E-state index contributed by atoms with van der Waals surface area (Å²) in [6.07, 6.45) is 0.678. The first kappa shape index (κ1) is 76.3. The Bertz CT molecular complexity index is 3660. The van der Waals surface area contributed by atoms with Gasteiger partial charge in [-0.05, 0) is 91.3 Å². The molecule has 530 valence electrons. The Morgan fingerprint density at radius 3 is 1.98 bits per heavy atom. The summed E-state index contributed by atoms with van der Waals surface area (Å²) in [4.78, 5) is 177. The van der Waals surface area contributed by atoms with Crippen molar-refractivity contribution in [1.29, 1.82) is 0 Å². The number of H-pyrrole nitrogens is 2. The van der Waals surface area contributed by atoms with Gasteiger partial charge in [-0.15, -0.1) is 0 Å². The number of carboxylic acid groups (broad SMARTS) is 1. The molecule has 0 bridgehead atoms. The van der Waals surface area contributed by atoms with Gasteiger partial charge in [-0.2, -0.15) is 0 Å². The van der Waals surface area contributed by atoms with Gasteiger partial charge >= 0.3 is 5.97 Å². The largest absolute Gasteiger partial charge is 0.508 e. The number of aliphatic hydroxyl groups is 1. The zero-order valence-corrected chi connectivity index (χ0v) is 56.8. The predicted molar refractivity (Wildman–Crippen MR) is 367 cm³/mol. The van der Waals surface area contributed by atoms with Crippen LogP contribution in [0.5, 0.6) is 5.75 Å². The quantitative estimate of drug-likeness (QED) is 0.0242. The fourth-order valence-electron chi connectivity index (χ4n) is 11.8. The molecular formula is C67H90N14O15S2. The topological polar surface area (TPSA) is 475 Å². The van der Waals surface area contributed by atoms with Crippen molar-refractivity contribution in [3.8, 4) is 5.75 Å². The molecule has 19 N–H and O–H groups in total. The third kappa shape index (κ3) is 22.0. The maximum Gasteiger partial charge on any atom is 0.303 e. The molecule has 10 amide bonds. The van der Waals surface area contributed by atoms with E-state index < -0.39 is 163 Å². The molecule has 0 saturated carbocycles. The van der Waals surface area contributed by atoms with Crippen LogP contribution in [0.4, 0.5) is 0 Å². The van der Waals surface area contributed by atoms with Crippen LogP contribution >= 0.6 is 21.6 Å².